The number of likely N-dealkylation sites (tertiary alicyclic amines) is 1. The van der Waals surface area contributed by atoms with Gasteiger partial charge in [0, 0.05) is 19.6 Å². The maximum atomic E-state index is 12.4. The van der Waals surface area contributed by atoms with E-state index in [2.05, 4.69) is 12.2 Å². The standard InChI is InChI=1S/C16H28N2O2/c1-2-3-6-9-17-15(19)13-12-14(13)16(20)18-10-7-4-5-8-11-18/h13-14H,2-12H2,1H3,(H,17,19). The average molecular weight is 280 g/mol. The first-order valence-electron chi connectivity index (χ1n) is 8.30. The molecule has 4 heteroatoms. The minimum Gasteiger partial charge on any atom is -0.356 e. The molecule has 4 nitrogen and oxygen atoms in total. The Hall–Kier alpha value is -1.06. The second-order valence-corrected chi connectivity index (χ2v) is 6.19. The first-order chi connectivity index (χ1) is 9.74. The second kappa shape index (κ2) is 7.65. The van der Waals surface area contributed by atoms with Crippen molar-refractivity contribution in [1.82, 2.24) is 10.2 Å². The summed E-state index contributed by atoms with van der Waals surface area (Å²) in [6.07, 6.45) is 8.81. The third kappa shape index (κ3) is 4.22. The zero-order chi connectivity index (χ0) is 14.4. The van der Waals surface area contributed by atoms with E-state index in [-0.39, 0.29) is 23.7 Å². The molecule has 2 aliphatic rings. The molecule has 114 valence electrons. The van der Waals surface area contributed by atoms with Crippen LogP contribution in [0.4, 0.5) is 0 Å². The van der Waals surface area contributed by atoms with Crippen molar-refractivity contribution < 1.29 is 9.59 Å². The molecule has 0 aromatic rings. The summed E-state index contributed by atoms with van der Waals surface area (Å²) in [6, 6.07) is 0. The van der Waals surface area contributed by atoms with E-state index in [1.807, 2.05) is 4.90 Å². The molecule has 1 aliphatic heterocycles. The van der Waals surface area contributed by atoms with Gasteiger partial charge >= 0.3 is 0 Å². The molecule has 0 aromatic carbocycles. The summed E-state index contributed by atoms with van der Waals surface area (Å²) in [5.74, 6) is 0.238. The maximum absolute atomic E-state index is 12.4. The fourth-order valence-corrected chi connectivity index (χ4v) is 3.00. The third-order valence-electron chi connectivity index (χ3n) is 4.44. The lowest BCUT2D eigenvalue weighted by Crippen LogP contribution is -2.35. The number of hydrogen-bond donors (Lipinski definition) is 1. The van der Waals surface area contributed by atoms with Crippen molar-refractivity contribution >= 4 is 11.8 Å². The Morgan fingerprint density at radius 3 is 2.40 bits per heavy atom. The van der Waals surface area contributed by atoms with Gasteiger partial charge in [-0.1, -0.05) is 32.6 Å². The van der Waals surface area contributed by atoms with E-state index in [1.165, 1.54) is 12.8 Å². The number of unbranched alkanes of at least 4 members (excludes halogenated alkanes) is 2. The fraction of sp³-hybridized carbons (Fsp3) is 0.875. The molecule has 1 saturated heterocycles. The Morgan fingerprint density at radius 2 is 1.75 bits per heavy atom. The number of rotatable bonds is 6. The lowest BCUT2D eigenvalue weighted by atomic mass is 10.2. The summed E-state index contributed by atoms with van der Waals surface area (Å²) >= 11 is 0. The van der Waals surface area contributed by atoms with E-state index < -0.39 is 0 Å². The molecule has 2 amide bonds. The highest BCUT2D eigenvalue weighted by atomic mass is 16.2. The van der Waals surface area contributed by atoms with Gasteiger partial charge in [0.05, 0.1) is 11.8 Å². The van der Waals surface area contributed by atoms with Crippen molar-refractivity contribution in [2.45, 2.75) is 58.3 Å². The van der Waals surface area contributed by atoms with Gasteiger partial charge in [0.1, 0.15) is 0 Å². The van der Waals surface area contributed by atoms with Gasteiger partial charge < -0.3 is 10.2 Å². The lowest BCUT2D eigenvalue weighted by Gasteiger charge is -2.20. The van der Waals surface area contributed by atoms with Gasteiger partial charge in [0.15, 0.2) is 0 Å². The molecule has 2 atom stereocenters. The molecule has 20 heavy (non-hydrogen) atoms. The van der Waals surface area contributed by atoms with Gasteiger partial charge in [0.25, 0.3) is 0 Å². The van der Waals surface area contributed by atoms with Crippen molar-refractivity contribution in [1.29, 1.82) is 0 Å². The van der Waals surface area contributed by atoms with Crippen LogP contribution in [0.1, 0.15) is 58.3 Å². The predicted octanol–water partition coefficient (Wildman–Crippen LogP) is 2.33. The summed E-state index contributed by atoms with van der Waals surface area (Å²) in [5, 5.41) is 2.97. The van der Waals surface area contributed by atoms with Crippen LogP contribution in [0.2, 0.25) is 0 Å². The highest BCUT2D eigenvalue weighted by molar-refractivity contribution is 5.92. The summed E-state index contributed by atoms with van der Waals surface area (Å²) in [4.78, 5) is 26.3. The van der Waals surface area contributed by atoms with Gasteiger partial charge in [-0.25, -0.2) is 0 Å². The topological polar surface area (TPSA) is 49.4 Å². The van der Waals surface area contributed by atoms with E-state index in [9.17, 15) is 9.59 Å². The van der Waals surface area contributed by atoms with E-state index in [0.717, 1.165) is 58.2 Å². The molecule has 2 fully saturated rings. The largest absolute Gasteiger partial charge is 0.356 e. The van der Waals surface area contributed by atoms with Crippen molar-refractivity contribution in [3.63, 3.8) is 0 Å². The van der Waals surface area contributed by atoms with Gasteiger partial charge in [-0.3, -0.25) is 9.59 Å². The first kappa shape index (κ1) is 15.3. The minimum absolute atomic E-state index is 0.0284. The highest BCUT2D eigenvalue weighted by Crippen LogP contribution is 2.40. The van der Waals surface area contributed by atoms with Crippen LogP contribution >= 0.6 is 0 Å². The maximum Gasteiger partial charge on any atom is 0.226 e. The number of hydrogen-bond acceptors (Lipinski definition) is 2. The van der Waals surface area contributed by atoms with E-state index in [1.54, 1.807) is 0 Å². The van der Waals surface area contributed by atoms with Crippen LogP contribution in [0.3, 0.4) is 0 Å². The number of carbonyl (C=O) groups excluding carboxylic acids is 2. The van der Waals surface area contributed by atoms with Crippen LogP contribution < -0.4 is 5.32 Å². The van der Waals surface area contributed by atoms with Crippen molar-refractivity contribution in [3.8, 4) is 0 Å². The Bertz CT molecular complexity index is 335. The molecule has 2 unspecified atom stereocenters. The average Bonchev–Trinajstić information content (AvgIpc) is 3.25. The van der Waals surface area contributed by atoms with Gasteiger partial charge in [-0.05, 0) is 25.7 Å². The molecule has 0 bridgehead atoms. The quantitative estimate of drug-likeness (QED) is 0.759. The molecule has 2 rings (SSSR count). The smallest absolute Gasteiger partial charge is 0.226 e. The first-order valence-corrected chi connectivity index (χ1v) is 8.30. The van der Waals surface area contributed by atoms with Gasteiger partial charge in [0.2, 0.25) is 11.8 Å². The molecule has 0 aromatic heterocycles. The molecule has 1 heterocycles. The van der Waals surface area contributed by atoms with Crippen LogP contribution in [0.25, 0.3) is 0 Å². The van der Waals surface area contributed by atoms with E-state index in [0.29, 0.717) is 0 Å². The molecular weight excluding hydrogens is 252 g/mol. The van der Waals surface area contributed by atoms with Gasteiger partial charge in [-0.15, -0.1) is 0 Å². The number of carbonyl (C=O) groups is 2. The predicted molar refractivity (Wildman–Crippen MR) is 79.2 cm³/mol. The zero-order valence-corrected chi connectivity index (χ0v) is 12.7. The SMILES string of the molecule is CCCCCNC(=O)C1CC1C(=O)N1CCCCCC1. The van der Waals surface area contributed by atoms with Crippen molar-refractivity contribution in [2.75, 3.05) is 19.6 Å². The minimum atomic E-state index is -0.0487. The Balaban J connectivity index is 1.70. The summed E-state index contributed by atoms with van der Waals surface area (Å²) < 4.78 is 0. The normalized spacial score (nSPS) is 25.9. The number of nitrogens with one attached hydrogen (secondary N) is 1. The van der Waals surface area contributed by atoms with Crippen LogP contribution in [0, 0.1) is 11.8 Å². The van der Waals surface area contributed by atoms with E-state index in [4.69, 9.17) is 0 Å². The number of amides is 2. The monoisotopic (exact) mass is 280 g/mol. The Kier molecular flexibility index (Phi) is 5.86. The van der Waals surface area contributed by atoms with Crippen LogP contribution in [-0.4, -0.2) is 36.3 Å². The Morgan fingerprint density at radius 1 is 1.05 bits per heavy atom. The molecule has 1 saturated carbocycles. The molecule has 1 aliphatic carbocycles. The zero-order valence-electron chi connectivity index (χ0n) is 12.7. The number of nitrogens with zero attached hydrogens (tertiary/aromatic N) is 1. The van der Waals surface area contributed by atoms with Crippen LogP contribution in [0.15, 0.2) is 0 Å². The molecule has 0 spiro atoms. The summed E-state index contributed by atoms with van der Waals surface area (Å²) in [6.45, 7) is 4.69. The summed E-state index contributed by atoms with van der Waals surface area (Å²) in [5.41, 5.74) is 0. The van der Waals surface area contributed by atoms with Crippen molar-refractivity contribution in [2.24, 2.45) is 11.8 Å². The van der Waals surface area contributed by atoms with Gasteiger partial charge in [-0.2, -0.15) is 0 Å². The molecular formula is C16H28N2O2. The highest BCUT2D eigenvalue weighted by Gasteiger charge is 2.49. The van der Waals surface area contributed by atoms with Crippen LogP contribution in [0.5, 0.6) is 0 Å². The Labute approximate surface area is 122 Å². The summed E-state index contributed by atoms with van der Waals surface area (Å²) in [7, 11) is 0. The molecule has 1 N–H and O–H groups in total. The third-order valence-corrected chi connectivity index (χ3v) is 4.44. The van der Waals surface area contributed by atoms with Crippen LogP contribution in [-0.2, 0) is 9.59 Å². The van der Waals surface area contributed by atoms with E-state index >= 15 is 0 Å². The second-order valence-electron chi connectivity index (χ2n) is 6.19. The van der Waals surface area contributed by atoms with Crippen molar-refractivity contribution in [3.05, 3.63) is 0 Å². The fourth-order valence-electron chi connectivity index (χ4n) is 3.00. The lowest BCUT2D eigenvalue weighted by molar-refractivity contribution is -0.134. The molecule has 0 radical (unpaired) electrons.